The van der Waals surface area contributed by atoms with Gasteiger partial charge in [-0.05, 0) is 6.07 Å². The highest BCUT2D eigenvalue weighted by Crippen LogP contribution is 1.96. The molecule has 0 unspecified atom stereocenters. The monoisotopic (exact) mass is 188 g/mol. The Labute approximate surface area is 77.2 Å². The molecule has 0 aliphatic heterocycles. The third kappa shape index (κ3) is 0.937. The van der Waals surface area contributed by atoms with Crippen LogP contribution >= 0.6 is 0 Å². The highest BCUT2D eigenvalue weighted by molar-refractivity contribution is 5.20. The Morgan fingerprint density at radius 1 is 1.14 bits per heavy atom. The van der Waals surface area contributed by atoms with E-state index in [4.69, 9.17) is 0 Å². The first kappa shape index (κ1) is 7.06. The molecular weight excluding hydrogens is 184 g/mol. The van der Waals surface area contributed by atoms with Crippen LogP contribution in [0, 0.1) is 0 Å². The van der Waals surface area contributed by atoms with Crippen LogP contribution < -0.4 is 0 Å². The maximum Gasteiger partial charge on any atom is 0.290 e. The molecule has 0 saturated carbocycles. The van der Waals surface area contributed by atoms with Crippen LogP contribution in [0.3, 0.4) is 0 Å². The largest absolute Gasteiger partial charge is 0.290 e. The van der Waals surface area contributed by atoms with Crippen molar-refractivity contribution in [1.82, 2.24) is 39.8 Å². The summed E-state index contributed by atoms with van der Waals surface area (Å²) >= 11 is 0. The van der Waals surface area contributed by atoms with E-state index in [-0.39, 0.29) is 0 Å². The van der Waals surface area contributed by atoms with Gasteiger partial charge >= 0.3 is 0 Å². The third-order valence-corrected chi connectivity index (χ3v) is 1.65. The Hall–Kier alpha value is -2.38. The average molecular weight is 188 g/mol. The first-order valence-electron chi connectivity index (χ1n) is 3.84. The smallest absolute Gasteiger partial charge is 0.204 e. The quantitative estimate of drug-likeness (QED) is 0.491. The maximum absolute atomic E-state index is 4.10. The maximum atomic E-state index is 4.10. The van der Waals surface area contributed by atoms with Crippen molar-refractivity contribution in [2.75, 3.05) is 0 Å². The Balaban J connectivity index is 2.23. The van der Waals surface area contributed by atoms with Gasteiger partial charge in [-0.3, -0.25) is 0 Å². The molecule has 0 fully saturated rings. The van der Waals surface area contributed by atoms with Gasteiger partial charge in [-0.25, -0.2) is 4.68 Å². The molecule has 0 spiro atoms. The SMILES string of the molecule is c1cnn(-c2nnc3nncn3n2)c1. The van der Waals surface area contributed by atoms with Crippen LogP contribution in [0.5, 0.6) is 0 Å². The van der Waals surface area contributed by atoms with E-state index in [0.29, 0.717) is 11.7 Å². The van der Waals surface area contributed by atoms with Gasteiger partial charge in [0.1, 0.15) is 6.33 Å². The van der Waals surface area contributed by atoms with Crippen molar-refractivity contribution >= 4 is 5.78 Å². The lowest BCUT2D eigenvalue weighted by atomic mass is 10.7. The Bertz CT molecular complexity index is 552. The number of hydrogen-bond donors (Lipinski definition) is 0. The van der Waals surface area contributed by atoms with Crippen molar-refractivity contribution in [1.29, 1.82) is 0 Å². The fourth-order valence-electron chi connectivity index (χ4n) is 1.04. The summed E-state index contributed by atoms with van der Waals surface area (Å²) in [6, 6.07) is 1.78. The normalized spacial score (nSPS) is 10.9. The van der Waals surface area contributed by atoms with Crippen LogP contribution in [0.4, 0.5) is 0 Å². The standard InChI is InChI=1S/C6H4N8/c1-2-8-13(3-1)6-11-10-5-9-7-4-14(5)12-6/h1-4H. The predicted molar refractivity (Wildman–Crippen MR) is 43.5 cm³/mol. The lowest BCUT2D eigenvalue weighted by Gasteiger charge is -1.96. The number of aromatic nitrogens is 8. The summed E-state index contributed by atoms with van der Waals surface area (Å²) in [5.41, 5.74) is 0. The van der Waals surface area contributed by atoms with E-state index < -0.39 is 0 Å². The van der Waals surface area contributed by atoms with E-state index in [1.165, 1.54) is 15.5 Å². The minimum Gasteiger partial charge on any atom is -0.204 e. The van der Waals surface area contributed by atoms with E-state index in [0.717, 1.165) is 0 Å². The second-order valence-corrected chi connectivity index (χ2v) is 2.53. The fraction of sp³-hybridized carbons (Fsp3) is 0. The summed E-state index contributed by atoms with van der Waals surface area (Å²) in [6.45, 7) is 0. The molecule has 0 amide bonds. The van der Waals surface area contributed by atoms with Gasteiger partial charge < -0.3 is 0 Å². The van der Waals surface area contributed by atoms with E-state index >= 15 is 0 Å². The zero-order valence-electron chi connectivity index (χ0n) is 6.89. The molecule has 0 aromatic carbocycles. The highest BCUT2D eigenvalue weighted by atomic mass is 15.5. The molecule has 68 valence electrons. The number of rotatable bonds is 1. The van der Waals surface area contributed by atoms with Gasteiger partial charge in [0.05, 0.1) is 0 Å². The van der Waals surface area contributed by atoms with Crippen LogP contribution in [0.25, 0.3) is 11.7 Å². The molecule has 0 bridgehead atoms. The summed E-state index contributed by atoms with van der Waals surface area (Å²) in [7, 11) is 0. The van der Waals surface area contributed by atoms with E-state index in [2.05, 4.69) is 30.6 Å². The van der Waals surface area contributed by atoms with Gasteiger partial charge in [0, 0.05) is 12.4 Å². The summed E-state index contributed by atoms with van der Waals surface area (Å²) in [4.78, 5) is 0. The molecule has 14 heavy (non-hydrogen) atoms. The Kier molecular flexibility index (Phi) is 1.29. The molecule has 0 radical (unpaired) electrons. The summed E-state index contributed by atoms with van der Waals surface area (Å²) in [6.07, 6.45) is 4.82. The molecule has 3 aromatic rings. The van der Waals surface area contributed by atoms with Crippen LogP contribution in [0.1, 0.15) is 0 Å². The van der Waals surface area contributed by atoms with Gasteiger partial charge in [-0.1, -0.05) is 0 Å². The Morgan fingerprint density at radius 2 is 2.14 bits per heavy atom. The number of hydrogen-bond acceptors (Lipinski definition) is 6. The van der Waals surface area contributed by atoms with Gasteiger partial charge in [-0.15, -0.1) is 25.5 Å². The van der Waals surface area contributed by atoms with Gasteiger partial charge in [0.2, 0.25) is 0 Å². The topological polar surface area (TPSA) is 86.7 Å². The van der Waals surface area contributed by atoms with E-state index in [1.54, 1.807) is 18.5 Å². The molecule has 0 aliphatic carbocycles. The van der Waals surface area contributed by atoms with Gasteiger partial charge in [0.15, 0.2) is 0 Å². The van der Waals surface area contributed by atoms with Gasteiger partial charge in [0.25, 0.3) is 11.7 Å². The summed E-state index contributed by atoms with van der Waals surface area (Å²) in [5, 5.41) is 23.1. The molecule has 0 saturated heterocycles. The van der Waals surface area contributed by atoms with Crippen molar-refractivity contribution in [2.24, 2.45) is 0 Å². The summed E-state index contributed by atoms with van der Waals surface area (Å²) in [5.74, 6) is 0.739. The first-order chi connectivity index (χ1) is 6.93. The molecule has 0 atom stereocenters. The fourth-order valence-corrected chi connectivity index (χ4v) is 1.04. The lowest BCUT2D eigenvalue weighted by Crippen LogP contribution is -2.07. The molecule has 8 heteroatoms. The van der Waals surface area contributed by atoms with Crippen molar-refractivity contribution in [3.05, 3.63) is 24.8 Å². The molecule has 3 aromatic heterocycles. The van der Waals surface area contributed by atoms with E-state index in [1.807, 2.05) is 0 Å². The van der Waals surface area contributed by atoms with Crippen molar-refractivity contribution in [3.8, 4) is 5.95 Å². The minimum absolute atomic E-state index is 0.362. The predicted octanol–water partition coefficient (Wildman–Crippen LogP) is -0.900. The number of fused-ring (bicyclic) bond motifs is 1. The van der Waals surface area contributed by atoms with Crippen molar-refractivity contribution in [2.45, 2.75) is 0 Å². The molecule has 8 nitrogen and oxygen atoms in total. The minimum atomic E-state index is 0.362. The van der Waals surface area contributed by atoms with Crippen LogP contribution in [0.2, 0.25) is 0 Å². The van der Waals surface area contributed by atoms with Gasteiger partial charge in [-0.2, -0.15) is 9.61 Å². The van der Waals surface area contributed by atoms with Crippen LogP contribution in [-0.4, -0.2) is 39.8 Å². The molecular formula is C6H4N8. The lowest BCUT2D eigenvalue weighted by molar-refractivity contribution is 0.715. The molecule has 3 heterocycles. The van der Waals surface area contributed by atoms with Crippen LogP contribution in [-0.2, 0) is 0 Å². The second kappa shape index (κ2) is 2.55. The highest BCUT2D eigenvalue weighted by Gasteiger charge is 2.03. The van der Waals surface area contributed by atoms with E-state index in [9.17, 15) is 0 Å². The zero-order valence-corrected chi connectivity index (χ0v) is 6.89. The van der Waals surface area contributed by atoms with Crippen LogP contribution in [0.15, 0.2) is 24.8 Å². The molecule has 0 N–H and O–H groups in total. The Morgan fingerprint density at radius 3 is 3.00 bits per heavy atom. The van der Waals surface area contributed by atoms with Crippen molar-refractivity contribution < 1.29 is 0 Å². The average Bonchev–Trinajstić information content (AvgIpc) is 2.88. The summed E-state index contributed by atoms with van der Waals surface area (Å²) < 4.78 is 2.94. The van der Waals surface area contributed by atoms with Crippen molar-refractivity contribution in [3.63, 3.8) is 0 Å². The molecule has 3 rings (SSSR count). The number of nitrogens with zero attached hydrogens (tertiary/aromatic N) is 8. The second-order valence-electron chi connectivity index (χ2n) is 2.53. The zero-order chi connectivity index (χ0) is 9.38. The third-order valence-electron chi connectivity index (χ3n) is 1.65. The molecule has 0 aliphatic rings. The first-order valence-corrected chi connectivity index (χ1v) is 3.84.